The van der Waals surface area contributed by atoms with Crippen LogP contribution in [0, 0.1) is 0 Å². The lowest BCUT2D eigenvalue weighted by molar-refractivity contribution is 0.168. The van der Waals surface area contributed by atoms with Gasteiger partial charge in [0.1, 0.15) is 0 Å². The van der Waals surface area contributed by atoms with Gasteiger partial charge in [-0.1, -0.05) is 65.2 Å². The third-order valence-electron chi connectivity index (χ3n) is 3.55. The van der Waals surface area contributed by atoms with Gasteiger partial charge in [0, 0.05) is 11.6 Å². The van der Waals surface area contributed by atoms with E-state index in [-0.39, 0.29) is 0 Å². The van der Waals surface area contributed by atoms with E-state index < -0.39 is 8.32 Å². The Morgan fingerprint density at radius 3 is 1.95 bits per heavy atom. The van der Waals surface area contributed by atoms with E-state index in [2.05, 4.69) is 26.9 Å². The smallest absolute Gasteiger partial charge is 0.201 e. The lowest BCUT2D eigenvalue weighted by Gasteiger charge is -2.27. The fraction of sp³-hybridized carbons (Fsp3) is 1.00. The molecule has 0 spiro atoms. The molecule has 0 bridgehead atoms. The molecule has 0 saturated heterocycles. The topological polar surface area (TPSA) is 9.23 Å². The predicted molar refractivity (Wildman–Crippen MR) is 90.6 cm³/mol. The molecule has 0 radical (unpaired) electrons. The maximum absolute atomic E-state index is 6.28. The van der Waals surface area contributed by atoms with Gasteiger partial charge in [0.15, 0.2) is 0 Å². The monoisotopic (exact) mass is 306 g/mol. The van der Waals surface area contributed by atoms with Crippen LogP contribution in [0.5, 0.6) is 0 Å². The van der Waals surface area contributed by atoms with E-state index in [1.807, 2.05) is 0 Å². The Labute approximate surface area is 127 Å². The van der Waals surface area contributed by atoms with Gasteiger partial charge in [-0.3, -0.25) is 0 Å². The van der Waals surface area contributed by atoms with Crippen LogP contribution in [-0.4, -0.2) is 19.9 Å². The molecule has 0 saturated carbocycles. The van der Waals surface area contributed by atoms with Crippen molar-refractivity contribution < 1.29 is 4.43 Å². The molecular formula is C16H35ClOSi. The van der Waals surface area contributed by atoms with Crippen molar-refractivity contribution in [2.45, 2.75) is 97.3 Å². The molecule has 0 aliphatic heterocycles. The van der Waals surface area contributed by atoms with Crippen molar-refractivity contribution in [3.63, 3.8) is 0 Å². The van der Waals surface area contributed by atoms with Crippen LogP contribution in [0.15, 0.2) is 0 Å². The Hall–Kier alpha value is 0.467. The average molecular weight is 307 g/mol. The molecule has 0 aliphatic carbocycles. The summed E-state index contributed by atoms with van der Waals surface area (Å²) in [5.74, 6) is 0. The molecule has 0 heterocycles. The van der Waals surface area contributed by atoms with Crippen molar-refractivity contribution in [2.24, 2.45) is 0 Å². The highest BCUT2D eigenvalue weighted by Gasteiger charge is 2.25. The average Bonchev–Trinajstić information content (AvgIpc) is 2.37. The van der Waals surface area contributed by atoms with Crippen molar-refractivity contribution in [3.05, 3.63) is 0 Å². The van der Waals surface area contributed by atoms with E-state index in [1.54, 1.807) is 0 Å². The molecule has 1 atom stereocenters. The van der Waals surface area contributed by atoms with Gasteiger partial charge >= 0.3 is 0 Å². The third-order valence-corrected chi connectivity index (χ3v) is 7.09. The van der Waals surface area contributed by atoms with E-state index in [0.717, 1.165) is 0 Å². The molecule has 19 heavy (non-hydrogen) atoms. The van der Waals surface area contributed by atoms with Crippen LogP contribution < -0.4 is 0 Å². The second kappa shape index (κ2) is 12.2. The number of hydrogen-bond acceptors (Lipinski definition) is 1. The summed E-state index contributed by atoms with van der Waals surface area (Å²) in [5.41, 5.74) is 0.713. The van der Waals surface area contributed by atoms with Gasteiger partial charge < -0.3 is 4.43 Å². The first kappa shape index (κ1) is 19.5. The first-order valence-corrected chi connectivity index (χ1v) is 11.9. The molecular weight excluding hydrogens is 272 g/mol. The van der Waals surface area contributed by atoms with Crippen LogP contribution in [0.4, 0.5) is 0 Å². The molecule has 1 unspecified atom stereocenters. The normalized spacial score (nSPS) is 13.7. The second-order valence-electron chi connectivity index (χ2n) is 6.33. The number of hydrogen-bond donors (Lipinski definition) is 0. The summed E-state index contributed by atoms with van der Waals surface area (Å²) >= 11 is 6.01. The van der Waals surface area contributed by atoms with Gasteiger partial charge in [-0.2, -0.15) is 0 Å². The van der Waals surface area contributed by atoms with Crippen molar-refractivity contribution in [3.8, 4) is 0 Å². The zero-order valence-corrected chi connectivity index (χ0v) is 15.4. The van der Waals surface area contributed by atoms with Gasteiger partial charge in [0.2, 0.25) is 8.32 Å². The second-order valence-corrected chi connectivity index (χ2v) is 11.2. The highest BCUT2D eigenvalue weighted by Crippen LogP contribution is 2.19. The quantitative estimate of drug-likeness (QED) is 0.220. The first-order valence-electron chi connectivity index (χ1n) is 8.29. The highest BCUT2D eigenvalue weighted by molar-refractivity contribution is 6.77. The van der Waals surface area contributed by atoms with Crippen molar-refractivity contribution >= 4 is 19.9 Å². The van der Waals surface area contributed by atoms with E-state index in [0.29, 0.717) is 11.6 Å². The minimum atomic E-state index is -1.60. The maximum Gasteiger partial charge on any atom is 0.201 e. The van der Waals surface area contributed by atoms with Gasteiger partial charge in [0.05, 0.1) is 0 Å². The van der Waals surface area contributed by atoms with Gasteiger partial charge in [-0.25, -0.2) is 0 Å². The molecule has 1 nitrogen and oxygen atoms in total. The van der Waals surface area contributed by atoms with E-state index in [1.165, 1.54) is 64.2 Å². The Morgan fingerprint density at radius 1 is 0.842 bits per heavy atom. The molecule has 0 N–H and O–H groups in total. The SMILES string of the molecule is CCCCCCCCCC(CCC)O[Si](C)(C)CCl. The number of rotatable bonds is 13. The summed E-state index contributed by atoms with van der Waals surface area (Å²) in [6.07, 6.45) is 13.8. The summed E-state index contributed by atoms with van der Waals surface area (Å²) in [7, 11) is -1.60. The predicted octanol–water partition coefficient (Wildman–Crippen LogP) is 6.30. The fourth-order valence-corrected chi connectivity index (χ4v) is 3.79. The fourth-order valence-electron chi connectivity index (χ4n) is 2.40. The zero-order chi connectivity index (χ0) is 14.6. The van der Waals surface area contributed by atoms with E-state index >= 15 is 0 Å². The molecule has 0 aromatic rings. The van der Waals surface area contributed by atoms with Crippen LogP contribution in [0.1, 0.15) is 78.1 Å². The number of alkyl halides is 1. The van der Waals surface area contributed by atoms with Crippen molar-refractivity contribution in [2.75, 3.05) is 5.50 Å². The number of halogens is 1. The van der Waals surface area contributed by atoms with Gasteiger partial charge in [-0.05, 0) is 25.9 Å². The summed E-state index contributed by atoms with van der Waals surface area (Å²) in [4.78, 5) is 0. The van der Waals surface area contributed by atoms with E-state index in [9.17, 15) is 0 Å². The highest BCUT2D eigenvalue weighted by atomic mass is 35.5. The lowest BCUT2D eigenvalue weighted by Crippen LogP contribution is -2.37. The Morgan fingerprint density at radius 2 is 1.42 bits per heavy atom. The van der Waals surface area contributed by atoms with Crippen LogP contribution in [0.3, 0.4) is 0 Å². The molecule has 0 aliphatic rings. The largest absolute Gasteiger partial charge is 0.413 e. The summed E-state index contributed by atoms with van der Waals surface area (Å²) in [6, 6.07) is 0. The van der Waals surface area contributed by atoms with Crippen LogP contribution >= 0.6 is 11.6 Å². The molecule has 0 fully saturated rings. The van der Waals surface area contributed by atoms with E-state index in [4.69, 9.17) is 16.0 Å². The zero-order valence-electron chi connectivity index (χ0n) is 13.6. The first-order chi connectivity index (χ1) is 9.05. The standard InChI is InChI=1S/C16H35ClOSi/c1-5-7-8-9-10-11-12-14-16(13-6-2)18-19(3,4)15-17/h16H,5-15H2,1-4H3. The van der Waals surface area contributed by atoms with Crippen molar-refractivity contribution in [1.29, 1.82) is 0 Å². The van der Waals surface area contributed by atoms with Gasteiger partial charge in [0.25, 0.3) is 0 Å². The lowest BCUT2D eigenvalue weighted by atomic mass is 10.0. The summed E-state index contributed by atoms with van der Waals surface area (Å²) < 4.78 is 6.28. The molecule has 3 heteroatoms. The minimum Gasteiger partial charge on any atom is -0.413 e. The van der Waals surface area contributed by atoms with Gasteiger partial charge in [-0.15, -0.1) is 11.6 Å². The molecule has 0 rings (SSSR count). The Balaban J connectivity index is 3.70. The Bertz CT molecular complexity index is 197. The van der Waals surface area contributed by atoms with Crippen LogP contribution in [0.2, 0.25) is 13.1 Å². The van der Waals surface area contributed by atoms with Crippen molar-refractivity contribution in [1.82, 2.24) is 0 Å². The maximum atomic E-state index is 6.28. The molecule has 0 aromatic carbocycles. The summed E-state index contributed by atoms with van der Waals surface area (Å²) in [6.45, 7) is 8.98. The van der Waals surface area contributed by atoms with Crippen LogP contribution in [-0.2, 0) is 4.43 Å². The third kappa shape index (κ3) is 12.0. The summed E-state index contributed by atoms with van der Waals surface area (Å²) in [5, 5.41) is 0. The van der Waals surface area contributed by atoms with Crippen LogP contribution in [0.25, 0.3) is 0 Å². The number of unbranched alkanes of at least 4 members (excludes halogenated alkanes) is 6. The molecule has 116 valence electrons. The molecule has 0 aromatic heterocycles. The minimum absolute atomic E-state index is 0.459. The Kier molecular flexibility index (Phi) is 12.5. The molecule has 0 amide bonds.